The van der Waals surface area contributed by atoms with E-state index in [4.69, 9.17) is 23.2 Å². The second kappa shape index (κ2) is 6.99. The number of Topliss-reactive ketones (excluding diaryl/α,β-unsaturated/α-hetero) is 1. The summed E-state index contributed by atoms with van der Waals surface area (Å²) in [5.41, 5.74) is 1.88. The van der Waals surface area contributed by atoms with Crippen molar-refractivity contribution < 1.29 is 4.79 Å². The van der Waals surface area contributed by atoms with E-state index < -0.39 is 0 Å². The summed E-state index contributed by atoms with van der Waals surface area (Å²) < 4.78 is 0. The fourth-order valence-corrected chi connectivity index (χ4v) is 2.70. The molecule has 2 aromatic carbocycles. The normalized spacial score (nSPS) is 10.4. The van der Waals surface area contributed by atoms with Crippen LogP contribution < -0.4 is 0 Å². The molecule has 4 heteroatoms. The lowest BCUT2D eigenvalue weighted by atomic mass is 10.1. The van der Waals surface area contributed by atoms with Crippen LogP contribution in [0.25, 0.3) is 0 Å². The predicted octanol–water partition coefficient (Wildman–Crippen LogP) is 5.05. The number of alkyl halides is 1. The van der Waals surface area contributed by atoms with E-state index in [1.54, 1.807) is 11.8 Å². The number of rotatable bonds is 5. The van der Waals surface area contributed by atoms with E-state index in [9.17, 15) is 4.79 Å². The molecule has 0 spiro atoms. The molecule has 0 N–H and O–H groups in total. The van der Waals surface area contributed by atoms with Gasteiger partial charge >= 0.3 is 0 Å². The lowest BCUT2D eigenvalue weighted by Gasteiger charge is -2.03. The minimum absolute atomic E-state index is 0.0251. The Bertz CT molecular complexity index is 549. The zero-order valence-corrected chi connectivity index (χ0v) is 12.4. The molecule has 0 saturated heterocycles. The molecule has 98 valence electrons. The van der Waals surface area contributed by atoms with Crippen molar-refractivity contribution in [3.8, 4) is 0 Å². The second-order valence-corrected chi connectivity index (χ2v) is 5.75. The predicted molar refractivity (Wildman–Crippen MR) is 82.5 cm³/mol. The molecular weight excluding hydrogens is 299 g/mol. The average Bonchev–Trinajstić information content (AvgIpc) is 2.46. The Hall–Kier alpha value is -0.960. The molecule has 0 unspecified atom stereocenters. The van der Waals surface area contributed by atoms with Gasteiger partial charge in [-0.15, -0.1) is 23.4 Å². The van der Waals surface area contributed by atoms with Gasteiger partial charge in [-0.2, -0.15) is 0 Å². The number of carbonyl (C=O) groups excluding carboxylic acids is 1. The molecule has 19 heavy (non-hydrogen) atoms. The quantitative estimate of drug-likeness (QED) is 0.436. The van der Waals surface area contributed by atoms with Gasteiger partial charge in [0.15, 0.2) is 5.78 Å². The smallest absolute Gasteiger partial charge is 0.177 e. The Labute approximate surface area is 126 Å². The van der Waals surface area contributed by atoms with Crippen LogP contribution in [0.1, 0.15) is 15.9 Å². The lowest BCUT2D eigenvalue weighted by Crippen LogP contribution is -1.99. The highest BCUT2D eigenvalue weighted by Crippen LogP contribution is 2.24. The summed E-state index contributed by atoms with van der Waals surface area (Å²) in [5.74, 6) is 0.855. The number of thioether (sulfide) groups is 1. The summed E-state index contributed by atoms with van der Waals surface area (Å²) in [7, 11) is 0. The molecule has 0 heterocycles. The number of hydrogen-bond donors (Lipinski definition) is 0. The molecule has 0 fully saturated rings. The van der Waals surface area contributed by atoms with Crippen molar-refractivity contribution in [2.45, 2.75) is 10.6 Å². The summed E-state index contributed by atoms with van der Waals surface area (Å²) in [6.07, 6.45) is 0. The van der Waals surface area contributed by atoms with E-state index in [-0.39, 0.29) is 11.7 Å². The largest absolute Gasteiger partial charge is 0.293 e. The molecule has 0 amide bonds. The number of carbonyl (C=O) groups is 1. The first-order valence-electron chi connectivity index (χ1n) is 5.75. The SMILES string of the molecule is O=C(CCl)c1ccc(SCc2ccc(Cl)cc2)cc1. The van der Waals surface area contributed by atoms with Crippen LogP contribution in [-0.2, 0) is 5.75 Å². The molecule has 0 aliphatic carbocycles. The average molecular weight is 311 g/mol. The van der Waals surface area contributed by atoms with Gasteiger partial charge in [0.2, 0.25) is 0 Å². The molecule has 0 aliphatic rings. The number of halogens is 2. The van der Waals surface area contributed by atoms with Crippen LogP contribution in [0.5, 0.6) is 0 Å². The molecular formula is C15H12Cl2OS. The minimum Gasteiger partial charge on any atom is -0.293 e. The Morgan fingerprint density at radius 3 is 2.21 bits per heavy atom. The zero-order valence-electron chi connectivity index (χ0n) is 10.1. The van der Waals surface area contributed by atoms with Crippen molar-refractivity contribution in [2.24, 2.45) is 0 Å². The standard InChI is InChI=1S/C15H12Cl2OS/c16-9-15(18)12-3-7-14(8-4-12)19-10-11-1-5-13(17)6-2-11/h1-8H,9-10H2. The van der Waals surface area contributed by atoms with Gasteiger partial charge in [0.05, 0.1) is 5.88 Å². The maximum atomic E-state index is 11.4. The van der Waals surface area contributed by atoms with Gasteiger partial charge in [0, 0.05) is 21.2 Å². The Morgan fingerprint density at radius 2 is 1.63 bits per heavy atom. The first-order chi connectivity index (χ1) is 9.19. The Morgan fingerprint density at radius 1 is 1.00 bits per heavy atom. The lowest BCUT2D eigenvalue weighted by molar-refractivity contribution is 0.102. The summed E-state index contributed by atoms with van der Waals surface area (Å²) in [6, 6.07) is 15.3. The van der Waals surface area contributed by atoms with Gasteiger partial charge in [-0.3, -0.25) is 4.79 Å². The third kappa shape index (κ3) is 4.27. The van der Waals surface area contributed by atoms with Crippen LogP contribution in [0, 0.1) is 0 Å². The van der Waals surface area contributed by atoms with E-state index in [2.05, 4.69) is 0 Å². The van der Waals surface area contributed by atoms with Crippen LogP contribution >= 0.6 is 35.0 Å². The highest BCUT2D eigenvalue weighted by molar-refractivity contribution is 7.98. The topological polar surface area (TPSA) is 17.1 Å². The van der Waals surface area contributed by atoms with Crippen molar-refractivity contribution in [1.29, 1.82) is 0 Å². The summed E-state index contributed by atoms with van der Waals surface area (Å²) >= 11 is 13.1. The second-order valence-electron chi connectivity index (χ2n) is 4.00. The molecule has 1 nitrogen and oxygen atoms in total. The fourth-order valence-electron chi connectivity index (χ4n) is 1.56. The molecule has 2 aromatic rings. The van der Waals surface area contributed by atoms with E-state index in [1.165, 1.54) is 5.56 Å². The Balaban J connectivity index is 1.96. The fraction of sp³-hybridized carbons (Fsp3) is 0.133. The van der Waals surface area contributed by atoms with Crippen LogP contribution in [0.3, 0.4) is 0 Å². The molecule has 0 aliphatic heterocycles. The van der Waals surface area contributed by atoms with Crippen molar-refractivity contribution in [1.82, 2.24) is 0 Å². The van der Waals surface area contributed by atoms with Crippen LogP contribution in [-0.4, -0.2) is 11.7 Å². The number of ketones is 1. The molecule has 0 aromatic heterocycles. The first-order valence-corrected chi connectivity index (χ1v) is 7.65. The maximum absolute atomic E-state index is 11.4. The van der Waals surface area contributed by atoms with Crippen molar-refractivity contribution >= 4 is 40.7 Å². The van der Waals surface area contributed by atoms with Gasteiger partial charge in [-0.1, -0.05) is 35.9 Å². The third-order valence-corrected chi connectivity index (χ3v) is 4.19. The highest BCUT2D eigenvalue weighted by Gasteiger charge is 2.03. The summed E-state index contributed by atoms with van der Waals surface area (Å²) in [6.45, 7) is 0. The highest BCUT2D eigenvalue weighted by atomic mass is 35.5. The van der Waals surface area contributed by atoms with E-state index in [1.807, 2.05) is 48.5 Å². The molecule has 2 rings (SSSR count). The van der Waals surface area contributed by atoms with Crippen molar-refractivity contribution in [3.63, 3.8) is 0 Å². The van der Waals surface area contributed by atoms with Crippen LogP contribution in [0.4, 0.5) is 0 Å². The van der Waals surface area contributed by atoms with Gasteiger partial charge in [0.1, 0.15) is 0 Å². The Kier molecular flexibility index (Phi) is 5.32. The number of benzene rings is 2. The van der Waals surface area contributed by atoms with Gasteiger partial charge in [0.25, 0.3) is 0 Å². The maximum Gasteiger partial charge on any atom is 0.177 e. The molecule has 0 atom stereocenters. The van der Waals surface area contributed by atoms with Gasteiger partial charge in [-0.25, -0.2) is 0 Å². The zero-order chi connectivity index (χ0) is 13.7. The van der Waals surface area contributed by atoms with Crippen molar-refractivity contribution in [2.75, 3.05) is 5.88 Å². The number of hydrogen-bond acceptors (Lipinski definition) is 2. The van der Waals surface area contributed by atoms with E-state index in [0.717, 1.165) is 15.7 Å². The monoisotopic (exact) mass is 310 g/mol. The van der Waals surface area contributed by atoms with Crippen LogP contribution in [0.2, 0.25) is 5.02 Å². The van der Waals surface area contributed by atoms with Crippen molar-refractivity contribution in [3.05, 3.63) is 64.7 Å². The third-order valence-electron chi connectivity index (χ3n) is 2.62. The van der Waals surface area contributed by atoms with Crippen LogP contribution in [0.15, 0.2) is 53.4 Å². The molecule has 0 saturated carbocycles. The van der Waals surface area contributed by atoms with Gasteiger partial charge in [-0.05, 0) is 29.8 Å². The summed E-state index contributed by atoms with van der Waals surface area (Å²) in [4.78, 5) is 12.5. The van der Waals surface area contributed by atoms with Gasteiger partial charge < -0.3 is 0 Å². The summed E-state index contributed by atoms with van der Waals surface area (Å²) in [5, 5.41) is 0.748. The van der Waals surface area contributed by atoms with E-state index in [0.29, 0.717) is 5.56 Å². The van der Waals surface area contributed by atoms with E-state index >= 15 is 0 Å². The molecule has 0 bridgehead atoms. The minimum atomic E-state index is -0.0454. The first kappa shape index (κ1) is 14.4. The molecule has 0 radical (unpaired) electrons.